The molecule has 2 rings (SSSR count). The second-order valence-corrected chi connectivity index (χ2v) is 9.79. The summed E-state index contributed by atoms with van der Waals surface area (Å²) in [5.74, 6) is 0.854. The number of benzene rings is 2. The molecule has 0 fully saturated rings. The number of amides is 1. The Kier molecular flexibility index (Phi) is 8.29. The van der Waals surface area contributed by atoms with E-state index in [2.05, 4.69) is 43.4 Å². The summed E-state index contributed by atoms with van der Waals surface area (Å²) in [5.41, 5.74) is 3.12. The number of carbonyl (C=O) groups excluding carboxylic acids is 1. The van der Waals surface area contributed by atoms with Crippen molar-refractivity contribution in [1.29, 1.82) is 0 Å². The first-order valence-corrected chi connectivity index (χ1v) is 12.0. The topological polar surface area (TPSA) is 75.7 Å². The summed E-state index contributed by atoms with van der Waals surface area (Å²) in [6.45, 7) is 6.62. The average molecular weight is 433 g/mol. The maximum absolute atomic E-state index is 12.3. The monoisotopic (exact) mass is 432 g/mol. The van der Waals surface area contributed by atoms with Gasteiger partial charge < -0.3 is 10.1 Å². The second-order valence-electron chi connectivity index (χ2n) is 7.78. The number of ether oxygens (including phenoxy) is 1. The summed E-state index contributed by atoms with van der Waals surface area (Å²) >= 11 is 0. The second kappa shape index (κ2) is 10.5. The van der Waals surface area contributed by atoms with E-state index >= 15 is 0 Å². The average Bonchev–Trinajstić information content (AvgIpc) is 2.70. The van der Waals surface area contributed by atoms with Crippen molar-refractivity contribution in [2.75, 3.05) is 24.2 Å². The quantitative estimate of drug-likeness (QED) is 0.581. The van der Waals surface area contributed by atoms with Crippen LogP contribution in [0, 0.1) is 0 Å². The molecule has 7 heteroatoms. The van der Waals surface area contributed by atoms with E-state index in [0.717, 1.165) is 19.1 Å². The van der Waals surface area contributed by atoms with Crippen molar-refractivity contribution in [3.05, 3.63) is 59.7 Å². The Morgan fingerprint density at radius 2 is 1.63 bits per heavy atom. The maximum Gasteiger partial charge on any atom is 0.260 e. The van der Waals surface area contributed by atoms with Crippen LogP contribution in [-0.4, -0.2) is 40.3 Å². The van der Waals surface area contributed by atoms with Crippen molar-refractivity contribution in [1.82, 2.24) is 5.32 Å². The number of sulfonamides is 1. The van der Waals surface area contributed by atoms with Gasteiger partial charge in [-0.2, -0.15) is 0 Å². The van der Waals surface area contributed by atoms with Crippen LogP contribution in [0.25, 0.3) is 0 Å². The summed E-state index contributed by atoms with van der Waals surface area (Å²) < 4.78 is 30.0. The van der Waals surface area contributed by atoms with Crippen LogP contribution in [0.2, 0.25) is 0 Å². The first-order valence-electron chi connectivity index (χ1n) is 10.1. The Labute approximate surface area is 180 Å². The molecule has 0 bridgehead atoms. The predicted octanol–water partition coefficient (Wildman–Crippen LogP) is 3.72. The lowest BCUT2D eigenvalue weighted by Crippen LogP contribution is -2.36. The molecule has 0 aromatic heterocycles. The molecule has 2 aromatic carbocycles. The van der Waals surface area contributed by atoms with E-state index in [9.17, 15) is 13.2 Å². The standard InChI is InChI=1S/C23H32N2O4S/c1-17(2)20-10-8-19(9-11-20)7-6-16-24-23(26)18(3)29-22-14-12-21(13-15-22)25(4)30(5,27)28/h8-15,17-18H,6-7,16H2,1-5H3,(H,24,26). The van der Waals surface area contributed by atoms with Crippen LogP contribution in [0.5, 0.6) is 5.75 Å². The van der Waals surface area contributed by atoms with Crippen LogP contribution >= 0.6 is 0 Å². The van der Waals surface area contributed by atoms with E-state index in [-0.39, 0.29) is 5.91 Å². The lowest BCUT2D eigenvalue weighted by Gasteiger charge is -2.18. The zero-order chi connectivity index (χ0) is 22.3. The molecule has 0 heterocycles. The van der Waals surface area contributed by atoms with E-state index in [1.54, 1.807) is 31.2 Å². The molecule has 0 aliphatic heterocycles. The van der Waals surface area contributed by atoms with Crippen molar-refractivity contribution in [2.45, 2.75) is 45.6 Å². The number of carbonyl (C=O) groups is 1. The number of anilines is 1. The lowest BCUT2D eigenvalue weighted by molar-refractivity contribution is -0.127. The highest BCUT2D eigenvalue weighted by Gasteiger charge is 2.15. The first-order chi connectivity index (χ1) is 14.1. The van der Waals surface area contributed by atoms with Gasteiger partial charge in [0.2, 0.25) is 10.0 Å². The van der Waals surface area contributed by atoms with Crippen molar-refractivity contribution < 1.29 is 17.9 Å². The zero-order valence-corrected chi connectivity index (χ0v) is 19.2. The van der Waals surface area contributed by atoms with Gasteiger partial charge in [0.1, 0.15) is 5.75 Å². The molecule has 0 saturated carbocycles. The minimum absolute atomic E-state index is 0.178. The van der Waals surface area contributed by atoms with Gasteiger partial charge in [0.25, 0.3) is 5.91 Å². The van der Waals surface area contributed by atoms with Gasteiger partial charge in [0, 0.05) is 13.6 Å². The van der Waals surface area contributed by atoms with E-state index in [1.807, 2.05) is 0 Å². The Balaban J connectivity index is 1.76. The van der Waals surface area contributed by atoms with Crippen LogP contribution in [0.4, 0.5) is 5.69 Å². The van der Waals surface area contributed by atoms with Crippen LogP contribution in [0.3, 0.4) is 0 Å². The highest BCUT2D eigenvalue weighted by atomic mass is 32.2. The third kappa shape index (κ3) is 7.06. The molecule has 0 spiro atoms. The molecule has 6 nitrogen and oxygen atoms in total. The molecule has 0 aliphatic rings. The highest BCUT2D eigenvalue weighted by Crippen LogP contribution is 2.21. The Morgan fingerprint density at radius 3 is 2.17 bits per heavy atom. The van der Waals surface area contributed by atoms with Gasteiger partial charge in [-0.3, -0.25) is 9.10 Å². The highest BCUT2D eigenvalue weighted by molar-refractivity contribution is 7.92. The molecule has 1 atom stereocenters. The molecule has 1 unspecified atom stereocenters. The molecule has 30 heavy (non-hydrogen) atoms. The maximum atomic E-state index is 12.3. The molecule has 164 valence electrons. The van der Waals surface area contributed by atoms with Gasteiger partial charge in [-0.05, 0) is 61.1 Å². The van der Waals surface area contributed by atoms with E-state index in [1.165, 1.54) is 22.5 Å². The first kappa shape index (κ1) is 23.7. The van der Waals surface area contributed by atoms with Gasteiger partial charge in [-0.25, -0.2) is 8.42 Å². The molecule has 1 N–H and O–H groups in total. The van der Waals surface area contributed by atoms with Gasteiger partial charge in [0.15, 0.2) is 6.10 Å². The SMILES string of the molecule is CC(Oc1ccc(N(C)S(C)(=O)=O)cc1)C(=O)NCCCc1ccc(C(C)C)cc1. The molecule has 2 aromatic rings. The molecule has 1 amide bonds. The van der Waals surface area contributed by atoms with Crippen LogP contribution < -0.4 is 14.4 Å². The Hall–Kier alpha value is -2.54. The number of nitrogens with one attached hydrogen (secondary N) is 1. The normalized spacial score (nSPS) is 12.5. The van der Waals surface area contributed by atoms with Crippen molar-refractivity contribution in [3.8, 4) is 5.75 Å². The smallest absolute Gasteiger partial charge is 0.260 e. The minimum atomic E-state index is -3.32. The summed E-state index contributed by atoms with van der Waals surface area (Å²) in [6, 6.07) is 15.2. The molecule has 0 saturated heterocycles. The predicted molar refractivity (Wildman–Crippen MR) is 122 cm³/mol. The minimum Gasteiger partial charge on any atom is -0.481 e. The summed E-state index contributed by atoms with van der Waals surface area (Å²) in [7, 11) is -1.83. The fraction of sp³-hybridized carbons (Fsp3) is 0.435. The number of rotatable bonds is 10. The summed E-state index contributed by atoms with van der Waals surface area (Å²) in [6.07, 6.45) is 2.26. The summed E-state index contributed by atoms with van der Waals surface area (Å²) in [4.78, 5) is 12.3. The van der Waals surface area contributed by atoms with Crippen LogP contribution in [0.15, 0.2) is 48.5 Å². The van der Waals surface area contributed by atoms with Crippen molar-refractivity contribution in [2.24, 2.45) is 0 Å². The molecule has 0 radical (unpaired) electrons. The van der Waals surface area contributed by atoms with Crippen LogP contribution in [0.1, 0.15) is 44.2 Å². The number of nitrogens with zero attached hydrogens (tertiary/aromatic N) is 1. The number of aryl methyl sites for hydroxylation is 1. The number of hydrogen-bond donors (Lipinski definition) is 1. The number of hydrogen-bond acceptors (Lipinski definition) is 4. The van der Waals surface area contributed by atoms with E-state index < -0.39 is 16.1 Å². The van der Waals surface area contributed by atoms with Crippen molar-refractivity contribution >= 4 is 21.6 Å². The van der Waals surface area contributed by atoms with Crippen LogP contribution in [-0.2, 0) is 21.2 Å². The van der Waals surface area contributed by atoms with Gasteiger partial charge in [0.05, 0.1) is 11.9 Å². The summed E-state index contributed by atoms with van der Waals surface area (Å²) in [5, 5.41) is 2.90. The Morgan fingerprint density at radius 1 is 1.03 bits per heavy atom. The largest absolute Gasteiger partial charge is 0.481 e. The van der Waals surface area contributed by atoms with E-state index in [0.29, 0.717) is 23.9 Å². The molecular weight excluding hydrogens is 400 g/mol. The lowest BCUT2D eigenvalue weighted by atomic mass is 10.0. The zero-order valence-electron chi connectivity index (χ0n) is 18.4. The Bertz CT molecular complexity index is 923. The fourth-order valence-corrected chi connectivity index (χ4v) is 3.41. The van der Waals surface area contributed by atoms with Crippen molar-refractivity contribution in [3.63, 3.8) is 0 Å². The van der Waals surface area contributed by atoms with Gasteiger partial charge in [-0.15, -0.1) is 0 Å². The third-order valence-corrected chi connectivity index (χ3v) is 6.17. The molecular formula is C23H32N2O4S. The molecule has 0 aliphatic carbocycles. The third-order valence-electron chi connectivity index (χ3n) is 4.97. The van der Waals surface area contributed by atoms with Gasteiger partial charge >= 0.3 is 0 Å². The fourth-order valence-electron chi connectivity index (χ4n) is 2.90. The van der Waals surface area contributed by atoms with Gasteiger partial charge in [-0.1, -0.05) is 38.1 Å². The van der Waals surface area contributed by atoms with E-state index in [4.69, 9.17) is 4.74 Å².